The number of aliphatic hydroxyl groups excluding tert-OH is 1. The number of nitrogen functional groups attached to an aromatic ring is 1. The lowest BCUT2D eigenvalue weighted by atomic mass is 9.90. The SMILES string of the molecule is CC(O)N1CCN(C2CCC(n3nc(-c4ccc5nc(Cc6ccccc6F)[nH]c5c4)c4c(N)ncnc43)CC2)CC1. The van der Waals surface area contributed by atoms with E-state index in [1.54, 1.807) is 12.1 Å². The zero-order valence-corrected chi connectivity index (χ0v) is 23.7. The zero-order chi connectivity index (χ0) is 28.8. The molecule has 3 aromatic heterocycles. The van der Waals surface area contributed by atoms with Crippen molar-refractivity contribution in [1.29, 1.82) is 0 Å². The summed E-state index contributed by atoms with van der Waals surface area (Å²) in [7, 11) is 0. The normalized spacial score (nSPS) is 21.3. The Labute approximate surface area is 243 Å². The molecule has 1 aliphatic heterocycles. The van der Waals surface area contributed by atoms with Gasteiger partial charge in [-0.05, 0) is 56.4 Å². The number of anilines is 1. The van der Waals surface area contributed by atoms with Crippen LogP contribution < -0.4 is 5.73 Å². The van der Waals surface area contributed by atoms with Crippen molar-refractivity contribution in [2.24, 2.45) is 0 Å². The number of aliphatic hydroxyl groups is 1. The van der Waals surface area contributed by atoms with E-state index in [-0.39, 0.29) is 18.1 Å². The van der Waals surface area contributed by atoms with Crippen LogP contribution >= 0.6 is 0 Å². The van der Waals surface area contributed by atoms with E-state index >= 15 is 0 Å². The fraction of sp³-hybridized carbons (Fsp3) is 0.419. The summed E-state index contributed by atoms with van der Waals surface area (Å²) < 4.78 is 16.3. The number of rotatable bonds is 6. The standard InChI is InChI=1S/C31H36FN9O/c1-19(42)39-12-14-40(15-13-39)22-7-9-23(10-8-22)41-31-28(30(33)34-18-35-31)29(38-41)21-6-11-25-26(16-21)37-27(36-25)17-20-4-2-3-5-24(20)32/h2-6,11,16,18-19,22-23,42H,7-10,12-15,17H2,1H3,(H,36,37)(H2,33,34,35). The van der Waals surface area contributed by atoms with Gasteiger partial charge in [-0.15, -0.1) is 0 Å². The highest BCUT2D eigenvalue weighted by molar-refractivity contribution is 5.99. The molecule has 0 amide bonds. The third-order valence-electron chi connectivity index (χ3n) is 9.04. The van der Waals surface area contributed by atoms with E-state index in [2.05, 4.69) is 34.4 Å². The van der Waals surface area contributed by atoms with Crippen LogP contribution in [0.4, 0.5) is 10.2 Å². The molecule has 4 heterocycles. The van der Waals surface area contributed by atoms with E-state index in [0.717, 1.165) is 85.2 Å². The average Bonchev–Trinajstić information content (AvgIpc) is 3.60. The van der Waals surface area contributed by atoms with E-state index in [1.807, 2.05) is 31.2 Å². The quantitative estimate of drug-likeness (QED) is 0.279. The molecule has 2 aliphatic rings. The summed E-state index contributed by atoms with van der Waals surface area (Å²) in [6, 6.07) is 13.5. The molecule has 11 heteroatoms. The summed E-state index contributed by atoms with van der Waals surface area (Å²) >= 11 is 0. The molecule has 2 aromatic carbocycles. The lowest BCUT2D eigenvalue weighted by Gasteiger charge is -2.42. The summed E-state index contributed by atoms with van der Waals surface area (Å²) in [5, 5.41) is 15.8. The van der Waals surface area contributed by atoms with Gasteiger partial charge in [-0.1, -0.05) is 24.3 Å². The molecule has 42 heavy (non-hydrogen) atoms. The molecular weight excluding hydrogens is 533 g/mol. The van der Waals surface area contributed by atoms with Crippen molar-refractivity contribution in [1.82, 2.24) is 39.5 Å². The van der Waals surface area contributed by atoms with Crippen molar-refractivity contribution in [2.45, 2.75) is 57.3 Å². The number of piperazine rings is 1. The van der Waals surface area contributed by atoms with Crippen LogP contribution in [0.2, 0.25) is 0 Å². The van der Waals surface area contributed by atoms with Gasteiger partial charge in [0.15, 0.2) is 5.65 Å². The number of benzene rings is 2. The van der Waals surface area contributed by atoms with Crippen molar-refractivity contribution in [3.05, 3.63) is 66.0 Å². The van der Waals surface area contributed by atoms with E-state index in [1.165, 1.54) is 12.4 Å². The highest BCUT2D eigenvalue weighted by Gasteiger charge is 2.31. The van der Waals surface area contributed by atoms with Crippen molar-refractivity contribution in [3.8, 4) is 11.3 Å². The molecule has 1 saturated heterocycles. The maximum Gasteiger partial charge on any atom is 0.164 e. The molecule has 5 aromatic rings. The fourth-order valence-electron chi connectivity index (χ4n) is 6.71. The Morgan fingerprint density at radius 2 is 1.79 bits per heavy atom. The highest BCUT2D eigenvalue weighted by Crippen LogP contribution is 2.37. The molecule has 218 valence electrons. The largest absolute Gasteiger partial charge is 0.383 e. The molecular formula is C31H36FN9O. The van der Waals surface area contributed by atoms with Crippen LogP contribution in [0.1, 0.15) is 50.0 Å². The Kier molecular flexibility index (Phi) is 7.09. The Bertz CT molecular complexity index is 1710. The van der Waals surface area contributed by atoms with Crippen LogP contribution in [0.3, 0.4) is 0 Å². The lowest BCUT2D eigenvalue weighted by molar-refractivity contribution is -0.0256. The fourth-order valence-corrected chi connectivity index (χ4v) is 6.71. The number of hydrogen-bond acceptors (Lipinski definition) is 8. The summed E-state index contributed by atoms with van der Waals surface area (Å²) in [6.45, 7) is 5.66. The van der Waals surface area contributed by atoms with Crippen LogP contribution in [0.5, 0.6) is 0 Å². The summed E-state index contributed by atoms with van der Waals surface area (Å²) in [6.07, 6.45) is 5.74. The van der Waals surface area contributed by atoms with E-state index in [4.69, 9.17) is 10.8 Å². The second-order valence-electron chi connectivity index (χ2n) is 11.6. The Morgan fingerprint density at radius 3 is 2.55 bits per heavy atom. The number of aromatic amines is 1. The zero-order valence-electron chi connectivity index (χ0n) is 23.7. The van der Waals surface area contributed by atoms with Gasteiger partial charge in [0.1, 0.15) is 35.7 Å². The molecule has 0 bridgehead atoms. The number of aromatic nitrogens is 6. The van der Waals surface area contributed by atoms with Gasteiger partial charge in [0.25, 0.3) is 0 Å². The summed E-state index contributed by atoms with van der Waals surface area (Å²) in [4.78, 5) is 21.7. The van der Waals surface area contributed by atoms with Crippen molar-refractivity contribution in [2.75, 3.05) is 31.9 Å². The van der Waals surface area contributed by atoms with Crippen LogP contribution in [-0.2, 0) is 6.42 Å². The molecule has 1 unspecified atom stereocenters. The van der Waals surface area contributed by atoms with Gasteiger partial charge in [-0.3, -0.25) is 9.80 Å². The maximum absolute atomic E-state index is 14.2. The Balaban J connectivity index is 1.14. The molecule has 10 nitrogen and oxygen atoms in total. The minimum absolute atomic E-state index is 0.230. The van der Waals surface area contributed by atoms with Gasteiger partial charge in [-0.25, -0.2) is 24.0 Å². The maximum atomic E-state index is 14.2. The number of hydrogen-bond donors (Lipinski definition) is 3. The van der Waals surface area contributed by atoms with Crippen molar-refractivity contribution in [3.63, 3.8) is 0 Å². The average molecular weight is 570 g/mol. The molecule has 2 fully saturated rings. The molecule has 1 saturated carbocycles. The van der Waals surface area contributed by atoms with Gasteiger partial charge in [0, 0.05) is 44.2 Å². The molecule has 1 aliphatic carbocycles. The molecule has 0 spiro atoms. The molecule has 0 radical (unpaired) electrons. The topological polar surface area (TPSA) is 125 Å². The van der Waals surface area contributed by atoms with Crippen LogP contribution in [0.25, 0.3) is 33.3 Å². The first-order valence-corrected chi connectivity index (χ1v) is 14.8. The minimum atomic E-state index is -0.380. The molecule has 1 atom stereocenters. The van der Waals surface area contributed by atoms with Crippen molar-refractivity contribution < 1.29 is 9.50 Å². The second-order valence-corrected chi connectivity index (χ2v) is 11.6. The van der Waals surface area contributed by atoms with E-state index in [9.17, 15) is 9.50 Å². The van der Waals surface area contributed by atoms with Gasteiger partial charge in [-0.2, -0.15) is 5.10 Å². The minimum Gasteiger partial charge on any atom is -0.383 e. The van der Waals surface area contributed by atoms with Crippen molar-refractivity contribution >= 4 is 27.9 Å². The molecule has 4 N–H and O–H groups in total. The third-order valence-corrected chi connectivity index (χ3v) is 9.04. The number of nitrogens with zero attached hydrogens (tertiary/aromatic N) is 7. The first-order chi connectivity index (χ1) is 20.4. The van der Waals surface area contributed by atoms with Crippen LogP contribution in [0, 0.1) is 5.82 Å². The molecule has 7 rings (SSSR count). The van der Waals surface area contributed by atoms with E-state index < -0.39 is 0 Å². The summed E-state index contributed by atoms with van der Waals surface area (Å²) in [5.41, 5.74) is 11.1. The van der Waals surface area contributed by atoms with Gasteiger partial charge in [0.05, 0.1) is 22.5 Å². The predicted molar refractivity (Wildman–Crippen MR) is 160 cm³/mol. The number of imidazole rings is 1. The van der Waals surface area contributed by atoms with Crippen LogP contribution in [-0.4, -0.2) is 83.1 Å². The number of fused-ring (bicyclic) bond motifs is 2. The highest BCUT2D eigenvalue weighted by atomic mass is 19.1. The van der Waals surface area contributed by atoms with Gasteiger partial charge in [0.2, 0.25) is 0 Å². The van der Waals surface area contributed by atoms with Gasteiger partial charge >= 0.3 is 0 Å². The monoisotopic (exact) mass is 569 g/mol. The number of nitrogens with two attached hydrogens (primary N) is 1. The van der Waals surface area contributed by atoms with Gasteiger partial charge < -0.3 is 15.8 Å². The first-order valence-electron chi connectivity index (χ1n) is 14.8. The number of halogens is 1. The summed E-state index contributed by atoms with van der Waals surface area (Å²) in [5.74, 6) is 0.879. The van der Waals surface area contributed by atoms with Crippen LogP contribution in [0.15, 0.2) is 48.8 Å². The van der Waals surface area contributed by atoms with E-state index in [0.29, 0.717) is 29.7 Å². The number of nitrogens with one attached hydrogen (secondary N) is 1. The third kappa shape index (κ3) is 5.01. The predicted octanol–water partition coefficient (Wildman–Crippen LogP) is 4.12. The number of H-pyrrole nitrogens is 1. The Hall–Kier alpha value is -3.93. The smallest absolute Gasteiger partial charge is 0.164 e. The second kappa shape index (κ2) is 11.0. The first kappa shape index (κ1) is 26.9. The lowest BCUT2D eigenvalue weighted by Crippen LogP contribution is -2.53. The Morgan fingerprint density at radius 1 is 1.02 bits per heavy atom.